The molecule has 1 aliphatic heterocycles. The van der Waals surface area contributed by atoms with Crippen molar-refractivity contribution in [3.05, 3.63) is 58.1 Å². The summed E-state index contributed by atoms with van der Waals surface area (Å²) in [4.78, 5) is 24.3. The van der Waals surface area contributed by atoms with Crippen LogP contribution in [0.2, 0.25) is 5.02 Å². The molecule has 7 heteroatoms. The summed E-state index contributed by atoms with van der Waals surface area (Å²) in [6, 6.07) is 9.04. The number of rotatable bonds is 5. The molecule has 0 fully saturated rings. The van der Waals surface area contributed by atoms with Crippen molar-refractivity contribution in [1.29, 1.82) is 0 Å². The number of benzene rings is 2. The maximum absolute atomic E-state index is 12.3. The average molecular weight is 402 g/mol. The molecule has 1 heterocycles. The lowest BCUT2D eigenvalue weighted by Gasteiger charge is -2.14. The summed E-state index contributed by atoms with van der Waals surface area (Å²) in [7, 11) is 0. The summed E-state index contributed by atoms with van der Waals surface area (Å²) in [5, 5.41) is 3.16. The Kier molecular flexibility index (Phi) is 5.90. The molecule has 3 rings (SSSR count). The van der Waals surface area contributed by atoms with Crippen LogP contribution >= 0.6 is 11.6 Å². The molecule has 6 nitrogen and oxygen atoms in total. The molecule has 0 spiro atoms. The fourth-order valence-corrected chi connectivity index (χ4v) is 2.98. The van der Waals surface area contributed by atoms with Gasteiger partial charge in [-0.25, -0.2) is 4.79 Å². The van der Waals surface area contributed by atoms with E-state index in [1.807, 2.05) is 32.0 Å². The van der Waals surface area contributed by atoms with Gasteiger partial charge >= 0.3 is 5.97 Å². The van der Waals surface area contributed by atoms with Gasteiger partial charge < -0.3 is 19.5 Å². The second-order valence-corrected chi connectivity index (χ2v) is 6.86. The molecule has 2 aromatic carbocycles. The number of fused-ring (bicyclic) bond motifs is 1. The van der Waals surface area contributed by atoms with E-state index in [-0.39, 0.29) is 6.79 Å². The van der Waals surface area contributed by atoms with Gasteiger partial charge in [-0.05, 0) is 56.2 Å². The number of carbonyl (C=O) groups is 2. The molecule has 28 heavy (non-hydrogen) atoms. The van der Waals surface area contributed by atoms with Gasteiger partial charge in [0.25, 0.3) is 5.91 Å². The van der Waals surface area contributed by atoms with Crippen molar-refractivity contribution in [3.8, 4) is 11.5 Å². The van der Waals surface area contributed by atoms with Gasteiger partial charge in [-0.1, -0.05) is 29.3 Å². The molecule has 0 saturated heterocycles. The third-order valence-electron chi connectivity index (χ3n) is 4.16. The molecule has 0 radical (unpaired) electrons. The highest BCUT2D eigenvalue weighted by Gasteiger charge is 2.19. The third kappa shape index (κ3) is 4.64. The van der Waals surface area contributed by atoms with Crippen LogP contribution in [0.4, 0.5) is 5.69 Å². The first-order chi connectivity index (χ1) is 13.3. The van der Waals surface area contributed by atoms with Gasteiger partial charge in [-0.15, -0.1) is 0 Å². The van der Waals surface area contributed by atoms with Gasteiger partial charge in [-0.3, -0.25) is 4.79 Å². The van der Waals surface area contributed by atoms with Crippen LogP contribution in [0.1, 0.15) is 23.6 Å². The van der Waals surface area contributed by atoms with E-state index in [2.05, 4.69) is 5.32 Å². The number of halogens is 1. The predicted octanol–water partition coefficient (Wildman–Crippen LogP) is 4.27. The van der Waals surface area contributed by atoms with Gasteiger partial charge in [0.1, 0.15) is 0 Å². The Morgan fingerprint density at radius 3 is 2.75 bits per heavy atom. The van der Waals surface area contributed by atoms with E-state index < -0.39 is 18.0 Å². The molecule has 0 bridgehead atoms. The zero-order chi connectivity index (χ0) is 20.3. The smallest absolute Gasteiger partial charge is 0.331 e. The molecule has 0 aromatic heterocycles. The van der Waals surface area contributed by atoms with Crippen molar-refractivity contribution >= 4 is 35.2 Å². The number of amides is 1. The first-order valence-corrected chi connectivity index (χ1v) is 9.07. The van der Waals surface area contributed by atoms with Crippen LogP contribution in [0.15, 0.2) is 36.4 Å². The summed E-state index contributed by atoms with van der Waals surface area (Å²) in [6.07, 6.45) is 1.82. The highest BCUT2D eigenvalue weighted by Crippen LogP contribution is 2.40. The van der Waals surface area contributed by atoms with Gasteiger partial charge in [0.2, 0.25) is 6.79 Å². The summed E-state index contributed by atoms with van der Waals surface area (Å²) in [6.45, 7) is 5.50. The van der Waals surface area contributed by atoms with E-state index in [0.29, 0.717) is 27.8 Å². The number of hydrogen-bond donors (Lipinski definition) is 1. The van der Waals surface area contributed by atoms with Crippen molar-refractivity contribution in [1.82, 2.24) is 0 Å². The van der Waals surface area contributed by atoms with E-state index in [1.54, 1.807) is 12.1 Å². The second-order valence-electron chi connectivity index (χ2n) is 6.46. The minimum Gasteiger partial charge on any atom is -0.454 e. The van der Waals surface area contributed by atoms with Crippen LogP contribution in [-0.2, 0) is 14.3 Å². The minimum absolute atomic E-state index is 0.108. The lowest BCUT2D eigenvalue weighted by molar-refractivity contribution is -0.148. The van der Waals surface area contributed by atoms with Crippen LogP contribution in [0.3, 0.4) is 0 Å². The maximum Gasteiger partial charge on any atom is 0.331 e. The minimum atomic E-state index is -0.946. The molecule has 2 aromatic rings. The van der Waals surface area contributed by atoms with Crippen molar-refractivity contribution in [2.75, 3.05) is 12.1 Å². The molecule has 0 saturated carbocycles. The van der Waals surface area contributed by atoms with Crippen LogP contribution < -0.4 is 14.8 Å². The number of aryl methyl sites for hydroxylation is 2. The number of anilines is 1. The molecule has 1 amide bonds. The second kappa shape index (κ2) is 8.35. The Morgan fingerprint density at radius 2 is 2.00 bits per heavy atom. The van der Waals surface area contributed by atoms with Gasteiger partial charge in [-0.2, -0.15) is 0 Å². The van der Waals surface area contributed by atoms with Crippen LogP contribution in [0.25, 0.3) is 6.08 Å². The van der Waals surface area contributed by atoms with E-state index in [1.165, 1.54) is 19.1 Å². The lowest BCUT2D eigenvalue weighted by atomic mass is 10.1. The van der Waals surface area contributed by atoms with Crippen molar-refractivity contribution in [2.45, 2.75) is 26.9 Å². The Balaban J connectivity index is 1.58. The third-order valence-corrected chi connectivity index (χ3v) is 4.44. The van der Waals surface area contributed by atoms with Crippen LogP contribution in [0.5, 0.6) is 11.5 Å². The first-order valence-electron chi connectivity index (χ1n) is 8.69. The van der Waals surface area contributed by atoms with Gasteiger partial charge in [0, 0.05) is 11.8 Å². The summed E-state index contributed by atoms with van der Waals surface area (Å²) in [5.41, 5.74) is 3.37. The molecular formula is C21H20ClNO5. The molecule has 1 atom stereocenters. The van der Waals surface area contributed by atoms with E-state index in [9.17, 15) is 9.59 Å². The molecule has 0 aliphatic carbocycles. The number of hydrogen-bond acceptors (Lipinski definition) is 5. The number of esters is 1. The standard InChI is InChI=1S/C21H20ClNO5/c1-12-4-6-17(13(2)8-12)23-21(25)14(3)28-19(24)7-5-15-9-16(22)20-18(10-15)26-11-27-20/h4-10,14H,11H2,1-3H3,(H,23,25)/b7-5+/t14-/m0/s1. The lowest BCUT2D eigenvalue weighted by Crippen LogP contribution is -2.29. The van der Waals surface area contributed by atoms with Gasteiger partial charge in [0.05, 0.1) is 5.02 Å². The predicted molar refractivity (Wildman–Crippen MR) is 107 cm³/mol. The molecule has 0 unspecified atom stereocenters. The number of carbonyl (C=O) groups excluding carboxylic acids is 2. The zero-order valence-electron chi connectivity index (χ0n) is 15.7. The fourth-order valence-electron chi connectivity index (χ4n) is 2.70. The van der Waals surface area contributed by atoms with Gasteiger partial charge in [0.15, 0.2) is 17.6 Å². The van der Waals surface area contributed by atoms with Crippen molar-refractivity contribution < 1.29 is 23.8 Å². The Morgan fingerprint density at radius 1 is 1.21 bits per heavy atom. The topological polar surface area (TPSA) is 73.9 Å². The number of nitrogens with one attached hydrogen (secondary N) is 1. The Labute approximate surface area is 168 Å². The number of ether oxygens (including phenoxy) is 3. The normalized spacial score (nSPS) is 13.4. The first kappa shape index (κ1) is 19.8. The van der Waals surface area contributed by atoms with E-state index >= 15 is 0 Å². The zero-order valence-corrected chi connectivity index (χ0v) is 16.5. The molecule has 146 valence electrons. The van der Waals surface area contributed by atoms with E-state index in [4.69, 9.17) is 25.8 Å². The molecule has 1 aliphatic rings. The Hall–Kier alpha value is -2.99. The highest BCUT2D eigenvalue weighted by molar-refractivity contribution is 6.32. The van der Waals surface area contributed by atoms with E-state index in [0.717, 1.165) is 11.1 Å². The summed E-state index contributed by atoms with van der Waals surface area (Å²) < 4.78 is 15.7. The highest BCUT2D eigenvalue weighted by atomic mass is 35.5. The summed E-state index contributed by atoms with van der Waals surface area (Å²) >= 11 is 6.11. The van der Waals surface area contributed by atoms with Crippen LogP contribution in [0, 0.1) is 13.8 Å². The SMILES string of the molecule is Cc1ccc(NC(=O)[C@H](C)OC(=O)/C=C/c2cc(Cl)c3c(c2)OCO3)c(C)c1. The molecule has 1 N–H and O–H groups in total. The van der Waals surface area contributed by atoms with Crippen molar-refractivity contribution in [2.24, 2.45) is 0 Å². The van der Waals surface area contributed by atoms with Crippen LogP contribution in [-0.4, -0.2) is 24.8 Å². The maximum atomic E-state index is 12.3. The quantitative estimate of drug-likeness (QED) is 0.598. The monoisotopic (exact) mass is 401 g/mol. The fraction of sp³-hybridized carbons (Fsp3) is 0.238. The average Bonchev–Trinajstić information content (AvgIpc) is 3.11. The summed E-state index contributed by atoms with van der Waals surface area (Å²) in [5.74, 6) is -0.0447. The molecular weight excluding hydrogens is 382 g/mol. The largest absolute Gasteiger partial charge is 0.454 e. The Bertz CT molecular complexity index is 954. The van der Waals surface area contributed by atoms with Crippen molar-refractivity contribution in [3.63, 3.8) is 0 Å².